The Hall–Kier alpha value is -3.36. The number of amides is 1. The maximum absolute atomic E-state index is 13.4. The summed E-state index contributed by atoms with van der Waals surface area (Å²) in [5.41, 5.74) is 1.57. The van der Waals surface area contributed by atoms with Crippen molar-refractivity contribution in [1.82, 2.24) is 0 Å². The molecule has 3 aromatic rings. The van der Waals surface area contributed by atoms with E-state index in [1.54, 1.807) is 62.4 Å². The molecule has 3 rings (SSSR count). The topological polar surface area (TPSA) is 92.8 Å². The molecule has 7 nitrogen and oxygen atoms in total. The summed E-state index contributed by atoms with van der Waals surface area (Å²) in [6, 6.07) is 18.9. The highest BCUT2D eigenvalue weighted by molar-refractivity contribution is 7.92. The van der Waals surface area contributed by atoms with E-state index < -0.39 is 28.4 Å². The summed E-state index contributed by atoms with van der Waals surface area (Å²) in [6.45, 7) is 3.14. The molecular formula is C24H23ClN2O5S. The number of benzene rings is 3. The zero-order valence-electron chi connectivity index (χ0n) is 18.1. The molecule has 0 aliphatic heterocycles. The van der Waals surface area contributed by atoms with E-state index in [2.05, 4.69) is 5.32 Å². The number of carbonyl (C=O) groups is 2. The number of anilines is 2. The van der Waals surface area contributed by atoms with E-state index in [0.29, 0.717) is 27.5 Å². The fraction of sp³-hybridized carbons (Fsp3) is 0.167. The standard InChI is InChI=1S/C24H23ClN2O5S/c1-3-32-24(29)21-10-7-11-22(17(21)2)26-23(28)16-27(19-8-5-4-6-9-19)33(30,31)20-14-12-18(25)13-15-20/h4-15H,3,16H2,1-2H3,(H,26,28). The van der Waals surface area contributed by atoms with Gasteiger partial charge in [0, 0.05) is 10.7 Å². The minimum atomic E-state index is -4.06. The normalized spacial score (nSPS) is 11.0. The van der Waals surface area contributed by atoms with Gasteiger partial charge in [-0.25, -0.2) is 13.2 Å². The lowest BCUT2D eigenvalue weighted by atomic mass is 10.1. The second-order valence-electron chi connectivity index (χ2n) is 7.05. The van der Waals surface area contributed by atoms with Crippen molar-refractivity contribution in [3.8, 4) is 0 Å². The van der Waals surface area contributed by atoms with Crippen LogP contribution in [0, 0.1) is 6.92 Å². The maximum Gasteiger partial charge on any atom is 0.338 e. The van der Waals surface area contributed by atoms with Crippen LogP contribution in [0.15, 0.2) is 77.7 Å². The van der Waals surface area contributed by atoms with Crippen LogP contribution in [0.4, 0.5) is 11.4 Å². The molecule has 0 saturated heterocycles. The summed E-state index contributed by atoms with van der Waals surface area (Å²) in [6.07, 6.45) is 0. The minimum absolute atomic E-state index is 0.00374. The van der Waals surface area contributed by atoms with Gasteiger partial charge in [0.25, 0.3) is 10.0 Å². The van der Waals surface area contributed by atoms with Crippen molar-refractivity contribution >= 4 is 44.9 Å². The Balaban J connectivity index is 1.90. The molecule has 1 N–H and O–H groups in total. The van der Waals surface area contributed by atoms with Crippen LogP contribution in [-0.2, 0) is 19.6 Å². The van der Waals surface area contributed by atoms with Gasteiger partial charge in [-0.05, 0) is 67.9 Å². The van der Waals surface area contributed by atoms with Gasteiger partial charge in [0.05, 0.1) is 22.8 Å². The van der Waals surface area contributed by atoms with Crippen LogP contribution in [0.1, 0.15) is 22.8 Å². The number of hydrogen-bond acceptors (Lipinski definition) is 5. The summed E-state index contributed by atoms with van der Waals surface area (Å²) in [5.74, 6) is -1.07. The molecule has 0 heterocycles. The first-order valence-electron chi connectivity index (χ1n) is 10.1. The Morgan fingerprint density at radius 2 is 1.64 bits per heavy atom. The number of rotatable bonds is 8. The summed E-state index contributed by atoms with van der Waals surface area (Å²) in [5, 5.41) is 3.10. The number of carbonyl (C=O) groups excluding carboxylic acids is 2. The molecule has 0 bridgehead atoms. The summed E-state index contributed by atoms with van der Waals surface area (Å²) in [7, 11) is -4.06. The van der Waals surface area contributed by atoms with Gasteiger partial charge in [-0.2, -0.15) is 0 Å². The van der Waals surface area contributed by atoms with Crippen LogP contribution in [0.25, 0.3) is 0 Å². The lowest BCUT2D eigenvalue weighted by Gasteiger charge is -2.24. The SMILES string of the molecule is CCOC(=O)c1cccc(NC(=O)CN(c2ccccc2)S(=O)(=O)c2ccc(Cl)cc2)c1C. The number of sulfonamides is 1. The number of para-hydroxylation sites is 1. The van der Waals surface area contributed by atoms with Crippen molar-refractivity contribution in [3.63, 3.8) is 0 Å². The van der Waals surface area contributed by atoms with Gasteiger partial charge in [0.15, 0.2) is 0 Å². The van der Waals surface area contributed by atoms with Gasteiger partial charge in [-0.3, -0.25) is 9.10 Å². The van der Waals surface area contributed by atoms with Gasteiger partial charge >= 0.3 is 5.97 Å². The van der Waals surface area contributed by atoms with E-state index in [4.69, 9.17) is 16.3 Å². The zero-order valence-corrected chi connectivity index (χ0v) is 19.7. The molecule has 1 amide bonds. The number of hydrogen-bond donors (Lipinski definition) is 1. The van der Waals surface area contributed by atoms with Crippen molar-refractivity contribution in [3.05, 3.63) is 88.9 Å². The fourth-order valence-corrected chi connectivity index (χ4v) is 4.71. The van der Waals surface area contributed by atoms with Crippen LogP contribution in [0.5, 0.6) is 0 Å². The molecule has 9 heteroatoms. The van der Waals surface area contributed by atoms with Gasteiger partial charge < -0.3 is 10.1 Å². The number of nitrogens with zero attached hydrogens (tertiary/aromatic N) is 1. The zero-order chi connectivity index (χ0) is 24.0. The van der Waals surface area contributed by atoms with Gasteiger partial charge in [0.1, 0.15) is 6.54 Å². The third-order valence-corrected chi connectivity index (χ3v) is 6.88. The fourth-order valence-electron chi connectivity index (χ4n) is 3.16. The predicted octanol–water partition coefficient (Wildman–Crippen LogP) is 4.66. The molecule has 0 saturated carbocycles. The summed E-state index contributed by atoms with van der Waals surface area (Å²) in [4.78, 5) is 25.1. The Morgan fingerprint density at radius 3 is 2.27 bits per heavy atom. The monoisotopic (exact) mass is 486 g/mol. The van der Waals surface area contributed by atoms with Crippen molar-refractivity contribution < 1.29 is 22.7 Å². The summed E-state index contributed by atoms with van der Waals surface area (Å²) >= 11 is 5.90. The molecule has 3 aromatic carbocycles. The molecule has 0 spiro atoms. The smallest absolute Gasteiger partial charge is 0.338 e. The van der Waals surface area contributed by atoms with Crippen LogP contribution in [-0.4, -0.2) is 33.4 Å². The van der Waals surface area contributed by atoms with E-state index in [1.807, 2.05) is 0 Å². The van der Waals surface area contributed by atoms with Gasteiger partial charge in [-0.1, -0.05) is 35.9 Å². The van der Waals surface area contributed by atoms with E-state index in [0.717, 1.165) is 4.31 Å². The molecule has 0 radical (unpaired) electrons. The van der Waals surface area contributed by atoms with Crippen LogP contribution >= 0.6 is 11.6 Å². The molecule has 0 fully saturated rings. The molecule has 0 aliphatic rings. The molecule has 0 aromatic heterocycles. The van der Waals surface area contributed by atoms with Crippen LogP contribution < -0.4 is 9.62 Å². The lowest BCUT2D eigenvalue weighted by Crippen LogP contribution is -2.38. The number of esters is 1. The predicted molar refractivity (Wildman–Crippen MR) is 128 cm³/mol. The van der Waals surface area contributed by atoms with E-state index in [9.17, 15) is 18.0 Å². The highest BCUT2D eigenvalue weighted by atomic mass is 35.5. The lowest BCUT2D eigenvalue weighted by molar-refractivity contribution is -0.114. The van der Waals surface area contributed by atoms with Crippen LogP contribution in [0.3, 0.4) is 0 Å². The number of nitrogens with one attached hydrogen (secondary N) is 1. The van der Waals surface area contributed by atoms with Gasteiger partial charge in [0.2, 0.25) is 5.91 Å². The van der Waals surface area contributed by atoms with E-state index in [-0.39, 0.29) is 11.5 Å². The minimum Gasteiger partial charge on any atom is -0.462 e. The first kappa shape index (κ1) is 24.3. The van der Waals surface area contributed by atoms with Crippen molar-refractivity contribution in [2.45, 2.75) is 18.7 Å². The first-order valence-corrected chi connectivity index (χ1v) is 12.0. The first-order chi connectivity index (χ1) is 15.7. The molecule has 0 unspecified atom stereocenters. The third-order valence-electron chi connectivity index (χ3n) is 4.84. The highest BCUT2D eigenvalue weighted by Gasteiger charge is 2.27. The van der Waals surface area contributed by atoms with Crippen LogP contribution in [0.2, 0.25) is 5.02 Å². The van der Waals surface area contributed by atoms with Crippen molar-refractivity contribution in [2.24, 2.45) is 0 Å². The van der Waals surface area contributed by atoms with Crippen molar-refractivity contribution in [1.29, 1.82) is 0 Å². The Labute approximate surface area is 198 Å². The second-order valence-corrected chi connectivity index (χ2v) is 9.35. The highest BCUT2D eigenvalue weighted by Crippen LogP contribution is 2.25. The number of halogens is 1. The third kappa shape index (κ3) is 5.71. The van der Waals surface area contributed by atoms with E-state index in [1.165, 1.54) is 24.3 Å². The number of ether oxygens (including phenoxy) is 1. The second kappa shape index (κ2) is 10.5. The molecule has 172 valence electrons. The quantitative estimate of drug-likeness (QED) is 0.467. The molecule has 33 heavy (non-hydrogen) atoms. The molecule has 0 aliphatic carbocycles. The van der Waals surface area contributed by atoms with Gasteiger partial charge in [-0.15, -0.1) is 0 Å². The maximum atomic E-state index is 13.4. The average molecular weight is 487 g/mol. The Bertz CT molecular complexity index is 1250. The average Bonchev–Trinajstić information content (AvgIpc) is 2.80. The summed E-state index contributed by atoms with van der Waals surface area (Å²) < 4.78 is 32.8. The molecule has 0 atom stereocenters. The Morgan fingerprint density at radius 1 is 0.970 bits per heavy atom. The largest absolute Gasteiger partial charge is 0.462 e. The Kier molecular flexibility index (Phi) is 7.73. The van der Waals surface area contributed by atoms with E-state index >= 15 is 0 Å². The van der Waals surface area contributed by atoms with Crippen molar-refractivity contribution in [2.75, 3.05) is 22.8 Å². The molecular weight excluding hydrogens is 464 g/mol.